The zero-order valence-corrected chi connectivity index (χ0v) is 13.7. The minimum Gasteiger partial charge on any atom is -0.376 e. The van der Waals surface area contributed by atoms with E-state index in [-0.39, 0.29) is 16.1 Å². The van der Waals surface area contributed by atoms with Crippen LogP contribution in [0.4, 0.5) is 20.2 Å². The summed E-state index contributed by atoms with van der Waals surface area (Å²) in [6.45, 7) is 0. The van der Waals surface area contributed by atoms with Crippen molar-refractivity contribution in [2.24, 2.45) is 5.14 Å². The van der Waals surface area contributed by atoms with Gasteiger partial charge in [0.2, 0.25) is 10.0 Å². The van der Waals surface area contributed by atoms with Gasteiger partial charge in [-0.15, -0.1) is 0 Å². The van der Waals surface area contributed by atoms with Gasteiger partial charge in [-0.2, -0.15) is 0 Å². The minimum absolute atomic E-state index is 0.140. The number of nitrogens with two attached hydrogens (primary N) is 1. The van der Waals surface area contributed by atoms with Crippen molar-refractivity contribution in [3.05, 3.63) is 53.6 Å². The van der Waals surface area contributed by atoms with Crippen molar-refractivity contribution in [2.45, 2.75) is 4.90 Å². The SMILES string of the molecule is CN(C)c1ccc(S(N)(=O)=O)cc1NC(=O)c1cc(F)cc(F)c1. The van der Waals surface area contributed by atoms with E-state index < -0.39 is 27.6 Å². The number of primary sulfonamides is 1. The van der Waals surface area contributed by atoms with Crippen molar-refractivity contribution in [3.63, 3.8) is 0 Å². The number of sulfonamides is 1. The van der Waals surface area contributed by atoms with E-state index >= 15 is 0 Å². The molecule has 3 N–H and O–H groups in total. The fourth-order valence-electron chi connectivity index (χ4n) is 2.06. The third-order valence-corrected chi connectivity index (χ3v) is 4.06. The van der Waals surface area contributed by atoms with Gasteiger partial charge < -0.3 is 10.2 Å². The Bertz CT molecular complexity index is 879. The Morgan fingerprint density at radius 3 is 2.17 bits per heavy atom. The van der Waals surface area contributed by atoms with Crippen molar-refractivity contribution in [1.82, 2.24) is 0 Å². The average Bonchev–Trinajstić information content (AvgIpc) is 2.44. The highest BCUT2D eigenvalue weighted by atomic mass is 32.2. The van der Waals surface area contributed by atoms with Gasteiger partial charge in [0.25, 0.3) is 5.91 Å². The standard InChI is InChI=1S/C15H15F2N3O3S/c1-20(2)14-4-3-12(24(18,22)23)8-13(14)19-15(21)9-5-10(16)7-11(17)6-9/h3-8H,1-2H3,(H,19,21)(H2,18,22,23). The Kier molecular flexibility index (Phi) is 4.86. The average molecular weight is 355 g/mol. The molecule has 0 aliphatic heterocycles. The Labute approximate surface area is 137 Å². The first kappa shape index (κ1) is 17.8. The van der Waals surface area contributed by atoms with Crippen molar-refractivity contribution in [2.75, 3.05) is 24.3 Å². The molecule has 9 heteroatoms. The molecule has 0 atom stereocenters. The third kappa shape index (κ3) is 4.06. The number of hydrogen-bond acceptors (Lipinski definition) is 4. The van der Waals surface area contributed by atoms with Crippen LogP contribution in [-0.2, 0) is 10.0 Å². The highest BCUT2D eigenvalue weighted by Crippen LogP contribution is 2.27. The highest BCUT2D eigenvalue weighted by molar-refractivity contribution is 7.89. The topological polar surface area (TPSA) is 92.5 Å². The van der Waals surface area contributed by atoms with Gasteiger partial charge in [-0.1, -0.05) is 0 Å². The quantitative estimate of drug-likeness (QED) is 0.876. The summed E-state index contributed by atoms with van der Waals surface area (Å²) in [5.74, 6) is -2.58. The number of halogens is 2. The van der Waals surface area contributed by atoms with E-state index in [0.29, 0.717) is 11.8 Å². The summed E-state index contributed by atoms with van der Waals surface area (Å²) in [5.41, 5.74) is 0.395. The van der Waals surface area contributed by atoms with Crippen LogP contribution >= 0.6 is 0 Å². The van der Waals surface area contributed by atoms with Gasteiger partial charge >= 0.3 is 0 Å². The molecule has 0 heterocycles. The number of amides is 1. The maximum absolute atomic E-state index is 13.2. The van der Waals surface area contributed by atoms with E-state index in [2.05, 4.69) is 5.32 Å². The molecule has 2 rings (SSSR count). The first-order valence-corrected chi connectivity index (χ1v) is 8.24. The van der Waals surface area contributed by atoms with Crippen LogP contribution in [0, 0.1) is 11.6 Å². The lowest BCUT2D eigenvalue weighted by molar-refractivity contribution is 0.102. The Morgan fingerprint density at radius 1 is 1.08 bits per heavy atom. The van der Waals surface area contributed by atoms with Crippen LogP contribution in [0.1, 0.15) is 10.4 Å². The number of hydrogen-bond donors (Lipinski definition) is 2. The minimum atomic E-state index is -3.97. The predicted molar refractivity (Wildman–Crippen MR) is 86.5 cm³/mol. The molecule has 128 valence electrons. The van der Waals surface area contributed by atoms with Gasteiger partial charge in [-0.05, 0) is 30.3 Å². The number of nitrogens with one attached hydrogen (secondary N) is 1. The molecular weight excluding hydrogens is 340 g/mol. The van der Waals surface area contributed by atoms with Crippen molar-refractivity contribution >= 4 is 27.3 Å². The van der Waals surface area contributed by atoms with Gasteiger partial charge in [-0.3, -0.25) is 4.79 Å². The van der Waals surface area contributed by atoms with Gasteiger partial charge in [0.05, 0.1) is 16.3 Å². The zero-order valence-electron chi connectivity index (χ0n) is 12.9. The van der Waals surface area contributed by atoms with E-state index in [1.165, 1.54) is 18.2 Å². The number of nitrogens with zero attached hydrogens (tertiary/aromatic N) is 1. The van der Waals surface area contributed by atoms with E-state index in [1.54, 1.807) is 19.0 Å². The number of carbonyl (C=O) groups is 1. The normalized spacial score (nSPS) is 11.2. The summed E-state index contributed by atoms with van der Waals surface area (Å²) in [5, 5.41) is 7.52. The molecule has 6 nitrogen and oxygen atoms in total. The molecule has 2 aromatic rings. The molecule has 0 aliphatic rings. The van der Waals surface area contributed by atoms with Crippen LogP contribution in [0.3, 0.4) is 0 Å². The first-order chi connectivity index (χ1) is 11.1. The first-order valence-electron chi connectivity index (χ1n) is 6.69. The van der Waals surface area contributed by atoms with E-state index in [4.69, 9.17) is 5.14 Å². The molecule has 0 fully saturated rings. The molecule has 0 radical (unpaired) electrons. The second-order valence-electron chi connectivity index (χ2n) is 5.23. The summed E-state index contributed by atoms with van der Waals surface area (Å²) < 4.78 is 49.4. The lowest BCUT2D eigenvalue weighted by Crippen LogP contribution is -2.19. The van der Waals surface area contributed by atoms with Crippen LogP contribution in [0.2, 0.25) is 0 Å². The van der Waals surface area contributed by atoms with Crippen LogP contribution in [0.15, 0.2) is 41.3 Å². The summed E-state index contributed by atoms with van der Waals surface area (Å²) >= 11 is 0. The van der Waals surface area contributed by atoms with E-state index in [0.717, 1.165) is 12.1 Å². The fraction of sp³-hybridized carbons (Fsp3) is 0.133. The highest BCUT2D eigenvalue weighted by Gasteiger charge is 2.16. The lowest BCUT2D eigenvalue weighted by atomic mass is 10.2. The van der Waals surface area contributed by atoms with Crippen LogP contribution in [0.25, 0.3) is 0 Å². The summed E-state index contributed by atoms with van der Waals surface area (Å²) in [4.78, 5) is 13.6. The molecule has 0 bridgehead atoms. The fourth-order valence-corrected chi connectivity index (χ4v) is 2.60. The Balaban J connectivity index is 2.45. The molecule has 0 saturated carbocycles. The largest absolute Gasteiger partial charge is 0.376 e. The molecule has 0 unspecified atom stereocenters. The van der Waals surface area contributed by atoms with Gasteiger partial charge in [0.1, 0.15) is 11.6 Å². The summed E-state index contributed by atoms with van der Waals surface area (Å²) in [7, 11) is -0.603. The van der Waals surface area contributed by atoms with E-state index in [1.807, 2.05) is 0 Å². The molecule has 24 heavy (non-hydrogen) atoms. The van der Waals surface area contributed by atoms with E-state index in [9.17, 15) is 22.0 Å². The van der Waals surface area contributed by atoms with Gasteiger partial charge in [0, 0.05) is 25.7 Å². The summed E-state index contributed by atoms with van der Waals surface area (Å²) in [6, 6.07) is 6.32. The second-order valence-corrected chi connectivity index (χ2v) is 6.79. The molecular formula is C15H15F2N3O3S. The van der Waals surface area contributed by atoms with Crippen molar-refractivity contribution in [3.8, 4) is 0 Å². The third-order valence-electron chi connectivity index (χ3n) is 3.15. The molecule has 1 amide bonds. The van der Waals surface area contributed by atoms with Gasteiger partial charge in [0.15, 0.2) is 0 Å². The second kappa shape index (κ2) is 6.54. The zero-order chi connectivity index (χ0) is 18.1. The maximum Gasteiger partial charge on any atom is 0.255 e. The van der Waals surface area contributed by atoms with Crippen LogP contribution in [-0.4, -0.2) is 28.4 Å². The Morgan fingerprint density at radius 2 is 1.67 bits per heavy atom. The van der Waals surface area contributed by atoms with Crippen LogP contribution < -0.4 is 15.4 Å². The smallest absolute Gasteiger partial charge is 0.255 e. The van der Waals surface area contributed by atoms with Crippen molar-refractivity contribution in [1.29, 1.82) is 0 Å². The number of anilines is 2. The maximum atomic E-state index is 13.2. The van der Waals surface area contributed by atoms with Gasteiger partial charge in [-0.25, -0.2) is 22.3 Å². The lowest BCUT2D eigenvalue weighted by Gasteiger charge is -2.19. The molecule has 0 aromatic heterocycles. The summed E-state index contributed by atoms with van der Waals surface area (Å²) in [6.07, 6.45) is 0. The molecule has 0 spiro atoms. The monoisotopic (exact) mass is 355 g/mol. The predicted octanol–water partition coefficient (Wildman–Crippen LogP) is 1.93. The molecule has 0 saturated heterocycles. The number of benzene rings is 2. The molecule has 0 aliphatic carbocycles. The van der Waals surface area contributed by atoms with Crippen molar-refractivity contribution < 1.29 is 22.0 Å². The molecule has 2 aromatic carbocycles. The Hall–Kier alpha value is -2.52. The van der Waals surface area contributed by atoms with Crippen LogP contribution in [0.5, 0.6) is 0 Å². The number of carbonyl (C=O) groups excluding carboxylic acids is 1. The number of rotatable bonds is 4.